The Kier molecular flexibility index (Phi) is 3.93. The van der Waals surface area contributed by atoms with Gasteiger partial charge >= 0.3 is 0 Å². The molecule has 0 spiro atoms. The lowest BCUT2D eigenvalue weighted by molar-refractivity contribution is 0.212. The van der Waals surface area contributed by atoms with E-state index in [1.807, 2.05) is 48.5 Å². The Balaban J connectivity index is 2.14. The Hall–Kier alpha value is -1.85. The van der Waals surface area contributed by atoms with Crippen molar-refractivity contribution in [2.45, 2.75) is 25.6 Å². The number of benzene rings is 2. The number of ether oxygens (including phenoxy) is 1. The monoisotopic (exact) mass is 318 g/mol. The summed E-state index contributed by atoms with van der Waals surface area (Å²) in [4.78, 5) is 0. The molecule has 0 saturated heterocycles. The average molecular weight is 318 g/mol. The molecule has 0 N–H and O–H groups in total. The largest absolute Gasteiger partial charge is 0.489 e. The van der Waals surface area contributed by atoms with Crippen LogP contribution in [0.25, 0.3) is 0 Å². The third-order valence-electron chi connectivity index (χ3n) is 3.82. The van der Waals surface area contributed by atoms with Gasteiger partial charge in [-0.2, -0.15) is 8.42 Å². The van der Waals surface area contributed by atoms with E-state index in [9.17, 15) is 8.42 Å². The Morgan fingerprint density at radius 1 is 1.09 bits per heavy atom. The van der Waals surface area contributed by atoms with Gasteiger partial charge in [-0.05, 0) is 24.1 Å². The van der Waals surface area contributed by atoms with Crippen LogP contribution >= 0.6 is 0 Å². The zero-order chi connectivity index (χ0) is 15.7. The zero-order valence-electron chi connectivity index (χ0n) is 12.5. The minimum atomic E-state index is -3.53. The van der Waals surface area contributed by atoms with Crippen molar-refractivity contribution in [3.8, 4) is 5.75 Å². The van der Waals surface area contributed by atoms with E-state index >= 15 is 0 Å². The minimum Gasteiger partial charge on any atom is -0.489 e. The first-order valence-electron chi connectivity index (χ1n) is 7.13. The summed E-state index contributed by atoms with van der Waals surface area (Å²) >= 11 is 0. The van der Waals surface area contributed by atoms with E-state index in [2.05, 4.69) is 0 Å². The molecule has 2 aromatic carbocycles. The molecule has 116 valence electrons. The van der Waals surface area contributed by atoms with Gasteiger partial charge in [-0.25, -0.2) is 0 Å². The van der Waals surface area contributed by atoms with Crippen LogP contribution < -0.4 is 4.74 Å². The fourth-order valence-corrected chi connectivity index (χ4v) is 3.66. The Morgan fingerprint density at radius 3 is 2.45 bits per heavy atom. The molecule has 1 aliphatic rings. The van der Waals surface area contributed by atoms with Gasteiger partial charge in [0.2, 0.25) is 0 Å². The second kappa shape index (κ2) is 5.74. The number of hydrogen-bond acceptors (Lipinski definition) is 4. The average Bonchev–Trinajstić information content (AvgIpc) is 2.62. The first-order chi connectivity index (χ1) is 10.5. The molecule has 0 amide bonds. The molecule has 22 heavy (non-hydrogen) atoms. The van der Waals surface area contributed by atoms with E-state index in [1.165, 1.54) is 0 Å². The van der Waals surface area contributed by atoms with Crippen molar-refractivity contribution in [3.05, 3.63) is 65.2 Å². The van der Waals surface area contributed by atoms with E-state index in [1.54, 1.807) is 6.92 Å². The third-order valence-corrected chi connectivity index (χ3v) is 4.48. The van der Waals surface area contributed by atoms with Crippen molar-refractivity contribution < 1.29 is 17.3 Å². The highest BCUT2D eigenvalue weighted by molar-refractivity contribution is 7.86. The molecule has 2 atom stereocenters. The van der Waals surface area contributed by atoms with Crippen LogP contribution in [-0.2, 0) is 20.9 Å². The second-order valence-electron chi connectivity index (χ2n) is 5.51. The Bertz CT molecular complexity index is 735. The predicted octanol–water partition coefficient (Wildman–Crippen LogP) is 3.08. The SMILES string of the molecule is CC(OS(C)(=O)=O)C1c2ccccc2COc2ccccc21. The highest BCUT2D eigenvalue weighted by atomic mass is 32.2. The van der Waals surface area contributed by atoms with Crippen molar-refractivity contribution in [1.82, 2.24) is 0 Å². The van der Waals surface area contributed by atoms with Crippen molar-refractivity contribution in [3.63, 3.8) is 0 Å². The molecule has 5 heteroatoms. The summed E-state index contributed by atoms with van der Waals surface area (Å²) in [6.07, 6.45) is 0.563. The van der Waals surface area contributed by atoms with Gasteiger partial charge in [-0.1, -0.05) is 42.5 Å². The molecule has 1 aliphatic heterocycles. The summed E-state index contributed by atoms with van der Waals surface area (Å²) in [6.45, 7) is 2.25. The molecule has 0 fully saturated rings. The van der Waals surface area contributed by atoms with Gasteiger partial charge in [-0.3, -0.25) is 4.18 Å². The molecule has 4 nitrogen and oxygen atoms in total. The maximum absolute atomic E-state index is 11.5. The van der Waals surface area contributed by atoms with Gasteiger partial charge in [-0.15, -0.1) is 0 Å². The van der Waals surface area contributed by atoms with Crippen molar-refractivity contribution in [2.24, 2.45) is 0 Å². The summed E-state index contributed by atoms with van der Waals surface area (Å²) < 4.78 is 34.2. The van der Waals surface area contributed by atoms with Crippen LogP contribution in [0.2, 0.25) is 0 Å². The Labute approximate surface area is 130 Å². The van der Waals surface area contributed by atoms with Gasteiger partial charge in [0.05, 0.1) is 12.4 Å². The lowest BCUT2D eigenvalue weighted by atomic mass is 9.85. The number of hydrogen-bond donors (Lipinski definition) is 0. The molecule has 0 aliphatic carbocycles. The number of rotatable bonds is 3. The molecular formula is C17H18O4S. The maximum Gasteiger partial charge on any atom is 0.264 e. The van der Waals surface area contributed by atoms with Crippen LogP contribution in [0, 0.1) is 0 Å². The molecule has 0 bridgehead atoms. The van der Waals surface area contributed by atoms with Gasteiger partial charge in [0, 0.05) is 11.5 Å². The molecule has 0 radical (unpaired) electrons. The van der Waals surface area contributed by atoms with Gasteiger partial charge in [0.15, 0.2) is 0 Å². The normalized spacial score (nSPS) is 18.5. The fraction of sp³-hybridized carbons (Fsp3) is 0.294. The summed E-state index contributed by atoms with van der Waals surface area (Å²) in [5.74, 6) is 0.581. The summed E-state index contributed by atoms with van der Waals surface area (Å²) in [7, 11) is -3.53. The van der Waals surface area contributed by atoms with Crippen molar-refractivity contribution in [1.29, 1.82) is 0 Å². The molecule has 0 aromatic heterocycles. The summed E-state index contributed by atoms with van der Waals surface area (Å²) in [6, 6.07) is 15.6. The lowest BCUT2D eigenvalue weighted by Crippen LogP contribution is -2.23. The van der Waals surface area contributed by atoms with Crippen LogP contribution in [0.15, 0.2) is 48.5 Å². The molecule has 0 saturated carbocycles. The Morgan fingerprint density at radius 2 is 1.73 bits per heavy atom. The highest BCUT2D eigenvalue weighted by Gasteiger charge is 2.31. The standard InChI is InChI=1S/C17H18O4S/c1-12(21-22(2,18)19)17-14-8-4-3-7-13(14)11-20-16-10-6-5-9-15(16)17/h3-10,12,17H,11H2,1-2H3. The second-order valence-corrected chi connectivity index (χ2v) is 7.11. The molecule has 3 rings (SSSR count). The molecule has 2 unspecified atom stereocenters. The van der Waals surface area contributed by atoms with Crippen molar-refractivity contribution in [2.75, 3.05) is 6.26 Å². The first kappa shape index (κ1) is 15.1. The van der Waals surface area contributed by atoms with E-state index in [0.29, 0.717) is 6.61 Å². The third kappa shape index (κ3) is 3.00. The molecule has 1 heterocycles. The smallest absolute Gasteiger partial charge is 0.264 e. The van der Waals surface area contributed by atoms with Crippen LogP contribution in [0.1, 0.15) is 29.5 Å². The zero-order valence-corrected chi connectivity index (χ0v) is 13.3. The van der Waals surface area contributed by atoms with E-state index < -0.39 is 16.2 Å². The topological polar surface area (TPSA) is 52.6 Å². The van der Waals surface area contributed by atoms with Gasteiger partial charge in [0.1, 0.15) is 12.4 Å². The van der Waals surface area contributed by atoms with Crippen molar-refractivity contribution >= 4 is 10.1 Å². The fourth-order valence-electron chi connectivity index (χ4n) is 3.00. The van der Waals surface area contributed by atoms with E-state index in [4.69, 9.17) is 8.92 Å². The van der Waals surface area contributed by atoms with Gasteiger partial charge < -0.3 is 4.74 Å². The minimum absolute atomic E-state index is 0.190. The van der Waals surface area contributed by atoms with Crippen LogP contribution in [0.4, 0.5) is 0 Å². The first-order valence-corrected chi connectivity index (χ1v) is 8.95. The molecular weight excluding hydrogens is 300 g/mol. The quantitative estimate of drug-likeness (QED) is 0.816. The maximum atomic E-state index is 11.5. The number of para-hydroxylation sites is 1. The number of fused-ring (bicyclic) bond motifs is 2. The van der Waals surface area contributed by atoms with Crippen LogP contribution in [0.3, 0.4) is 0 Å². The van der Waals surface area contributed by atoms with E-state index in [-0.39, 0.29) is 5.92 Å². The lowest BCUT2D eigenvalue weighted by Gasteiger charge is -2.24. The molecule has 2 aromatic rings. The van der Waals surface area contributed by atoms with Crippen LogP contribution in [0.5, 0.6) is 5.75 Å². The summed E-state index contributed by atoms with van der Waals surface area (Å²) in [5.41, 5.74) is 3.04. The van der Waals surface area contributed by atoms with E-state index in [0.717, 1.165) is 28.7 Å². The van der Waals surface area contributed by atoms with Crippen LogP contribution in [-0.4, -0.2) is 20.8 Å². The predicted molar refractivity (Wildman–Crippen MR) is 84.4 cm³/mol. The summed E-state index contributed by atoms with van der Waals surface area (Å²) in [5, 5.41) is 0. The highest BCUT2D eigenvalue weighted by Crippen LogP contribution is 2.40. The van der Waals surface area contributed by atoms with Gasteiger partial charge in [0.25, 0.3) is 10.1 Å².